The quantitative estimate of drug-likeness (QED) is 0.0400. The fraction of sp³-hybridized carbons (Fsp3) is 0.778. The lowest BCUT2D eigenvalue weighted by molar-refractivity contribution is -0.136. The smallest absolute Gasteiger partial charge is 0.245 e. The number of nitrogens with two attached hydrogens (primary N) is 1. The molecule has 0 heterocycles. The third-order valence-corrected chi connectivity index (χ3v) is 8.63. The highest BCUT2D eigenvalue weighted by molar-refractivity contribution is 5.97. The molecule has 0 saturated carbocycles. The highest BCUT2D eigenvalue weighted by Crippen LogP contribution is 2.13. The Morgan fingerprint density at radius 3 is 1.56 bits per heavy atom. The molecule has 0 aliphatic carbocycles. The summed E-state index contributed by atoms with van der Waals surface area (Å²) in [6, 6.07) is -6.65. The first-order valence-corrected chi connectivity index (χ1v) is 19.1. The summed E-state index contributed by atoms with van der Waals surface area (Å²) < 4.78 is 0. The minimum atomic E-state index is -1.57. The van der Waals surface area contributed by atoms with Crippen molar-refractivity contribution in [3.8, 4) is 0 Å². The van der Waals surface area contributed by atoms with Gasteiger partial charge in [0.2, 0.25) is 47.3 Å². The van der Waals surface area contributed by atoms with Crippen LogP contribution >= 0.6 is 0 Å². The van der Waals surface area contributed by atoms with Gasteiger partial charge < -0.3 is 53.2 Å². The summed E-state index contributed by atoms with van der Waals surface area (Å²) in [5, 5.41) is 35.7. The predicted octanol–water partition coefficient (Wildman–Crippen LogP) is -0.958. The molecule has 0 fully saturated rings. The number of likely N-dealkylation sites (N-methyl/N-ethyl adjacent to an activating group) is 1. The van der Waals surface area contributed by atoms with Crippen LogP contribution in [-0.4, -0.2) is 114 Å². The lowest BCUT2D eigenvalue weighted by Gasteiger charge is -2.25. The van der Waals surface area contributed by atoms with Crippen LogP contribution in [0.25, 0.3) is 0 Å². The van der Waals surface area contributed by atoms with Crippen LogP contribution in [0.4, 0.5) is 0 Å². The predicted molar refractivity (Wildman–Crippen MR) is 201 cm³/mol. The Morgan fingerprint density at radius 1 is 0.574 bits per heavy atom. The van der Waals surface area contributed by atoms with E-state index in [9.17, 15) is 48.6 Å². The van der Waals surface area contributed by atoms with Gasteiger partial charge >= 0.3 is 0 Å². The summed E-state index contributed by atoms with van der Waals surface area (Å²) in [4.78, 5) is 99.2. The van der Waals surface area contributed by atoms with Crippen molar-refractivity contribution in [3.63, 3.8) is 0 Å². The number of amides is 8. The van der Waals surface area contributed by atoms with Crippen molar-refractivity contribution in [2.24, 2.45) is 5.73 Å². The Hall–Kier alpha value is -4.32. The molecule has 0 aliphatic heterocycles. The zero-order chi connectivity index (χ0) is 41.1. The van der Waals surface area contributed by atoms with E-state index in [0.717, 1.165) is 25.7 Å². The lowest BCUT2D eigenvalue weighted by Crippen LogP contribution is -2.59. The first-order valence-electron chi connectivity index (χ1n) is 19.1. The van der Waals surface area contributed by atoms with Crippen LogP contribution in [0, 0.1) is 0 Å². The highest BCUT2D eigenvalue weighted by Gasteiger charge is 2.32. The molecule has 0 aromatic rings. The molecule has 0 aromatic heterocycles. The Morgan fingerprint density at radius 2 is 1.07 bits per heavy atom. The van der Waals surface area contributed by atoms with E-state index in [4.69, 9.17) is 5.73 Å². The molecule has 18 heteroatoms. The molecule has 0 spiro atoms. The van der Waals surface area contributed by atoms with Crippen molar-refractivity contribution in [2.75, 3.05) is 20.2 Å². The molecular weight excluding hydrogens is 704 g/mol. The van der Waals surface area contributed by atoms with Crippen LogP contribution in [0.15, 0.2) is 0 Å². The molecule has 310 valence electrons. The molecule has 0 saturated heterocycles. The normalized spacial score (nSPS) is 14.2. The van der Waals surface area contributed by atoms with Crippen molar-refractivity contribution in [2.45, 2.75) is 160 Å². The van der Waals surface area contributed by atoms with E-state index in [2.05, 4.69) is 44.1 Å². The van der Waals surface area contributed by atoms with Crippen LogP contribution in [0.3, 0.4) is 0 Å². The number of unbranched alkanes of at least 4 members (excludes halogenated alkanes) is 12. The SMILES string of the molecule is CCCCCCCCCCCCCCCC(=O)N[C@H](C(=O)N[C@@H](CC(N)=O)C(=O)N[C@@H](C)C(=O)NCC(=O)N[C@@H](C)C(=O)N[C@@H](CO)C(=O)NC)[C@@H](C)O. The monoisotopic (exact) mass is 770 g/mol. The molecule has 6 atom stereocenters. The molecule has 0 rings (SSSR count). The summed E-state index contributed by atoms with van der Waals surface area (Å²) in [6.45, 7) is 4.80. The average molecular weight is 771 g/mol. The summed E-state index contributed by atoms with van der Waals surface area (Å²) in [6.07, 6.45) is 13.0. The van der Waals surface area contributed by atoms with E-state index >= 15 is 0 Å². The van der Waals surface area contributed by atoms with Gasteiger partial charge in [-0.25, -0.2) is 0 Å². The van der Waals surface area contributed by atoms with Crippen molar-refractivity contribution in [1.82, 2.24) is 37.2 Å². The van der Waals surface area contributed by atoms with Crippen molar-refractivity contribution in [3.05, 3.63) is 0 Å². The highest BCUT2D eigenvalue weighted by atomic mass is 16.3. The second-order valence-corrected chi connectivity index (χ2v) is 13.6. The van der Waals surface area contributed by atoms with Crippen LogP contribution in [0.5, 0.6) is 0 Å². The number of carbonyl (C=O) groups excluding carboxylic acids is 8. The fourth-order valence-corrected chi connectivity index (χ4v) is 5.35. The van der Waals surface area contributed by atoms with E-state index in [1.54, 1.807) is 0 Å². The average Bonchev–Trinajstić information content (AvgIpc) is 3.12. The van der Waals surface area contributed by atoms with Gasteiger partial charge in [0.1, 0.15) is 30.2 Å². The molecule has 11 N–H and O–H groups in total. The van der Waals surface area contributed by atoms with Gasteiger partial charge in [-0.3, -0.25) is 38.4 Å². The maximum absolute atomic E-state index is 13.1. The Bertz CT molecular complexity index is 1200. The van der Waals surface area contributed by atoms with E-state index < -0.39 is 103 Å². The van der Waals surface area contributed by atoms with E-state index in [1.807, 2.05) is 0 Å². The van der Waals surface area contributed by atoms with Gasteiger partial charge in [0.15, 0.2) is 0 Å². The molecule has 8 amide bonds. The number of carbonyl (C=O) groups is 8. The maximum atomic E-state index is 13.1. The van der Waals surface area contributed by atoms with Gasteiger partial charge in [-0.05, 0) is 27.2 Å². The van der Waals surface area contributed by atoms with Gasteiger partial charge in [0, 0.05) is 13.5 Å². The van der Waals surface area contributed by atoms with Crippen molar-refractivity contribution in [1.29, 1.82) is 0 Å². The molecule has 54 heavy (non-hydrogen) atoms. The summed E-state index contributed by atoms with van der Waals surface area (Å²) in [5.74, 6) is -6.37. The molecule has 18 nitrogen and oxygen atoms in total. The van der Waals surface area contributed by atoms with Crippen LogP contribution in [-0.2, 0) is 38.4 Å². The van der Waals surface area contributed by atoms with Crippen LogP contribution < -0.4 is 43.0 Å². The Labute approximate surface area is 319 Å². The second kappa shape index (κ2) is 29.1. The first kappa shape index (κ1) is 49.7. The molecular formula is C36H66N8O10. The van der Waals surface area contributed by atoms with Crippen molar-refractivity contribution < 1.29 is 48.6 Å². The molecule has 0 radical (unpaired) electrons. The summed E-state index contributed by atoms with van der Waals surface area (Å²) >= 11 is 0. The number of rotatable bonds is 30. The van der Waals surface area contributed by atoms with Crippen molar-refractivity contribution >= 4 is 47.3 Å². The third kappa shape index (κ3) is 22.7. The van der Waals surface area contributed by atoms with Gasteiger partial charge in [-0.15, -0.1) is 0 Å². The standard InChI is InChI=1S/C36H66N8O10/c1-6-7-8-9-10-11-12-13-14-15-16-17-18-19-29(48)44-31(25(4)46)36(54)42-26(20-28(37)47)35(53)41-23(2)32(50)39-21-30(49)40-24(3)33(51)43-27(22-45)34(52)38-5/h23-27,31,45-46H,6-22H2,1-5H3,(H2,37,47)(H,38,52)(H,39,50)(H,40,49)(H,41,53)(H,42,54)(H,43,51)(H,44,48)/t23-,24-,25+,26-,27-,31-/m0/s1. The van der Waals surface area contributed by atoms with E-state index in [0.29, 0.717) is 6.42 Å². The number of hydrogen-bond donors (Lipinski definition) is 10. The van der Waals surface area contributed by atoms with E-state index in [1.165, 1.54) is 79.2 Å². The number of aliphatic hydroxyl groups excluding tert-OH is 2. The first-order chi connectivity index (χ1) is 25.6. The van der Waals surface area contributed by atoms with Gasteiger partial charge in [0.05, 0.1) is 25.7 Å². The topological polar surface area (TPSA) is 287 Å². The van der Waals surface area contributed by atoms with Gasteiger partial charge in [-0.1, -0.05) is 84.0 Å². The summed E-state index contributed by atoms with van der Waals surface area (Å²) in [7, 11) is 1.32. The molecule has 0 aliphatic rings. The van der Waals surface area contributed by atoms with Gasteiger partial charge in [0.25, 0.3) is 0 Å². The fourth-order valence-electron chi connectivity index (χ4n) is 5.35. The number of nitrogens with one attached hydrogen (secondary N) is 7. The third-order valence-electron chi connectivity index (χ3n) is 8.63. The van der Waals surface area contributed by atoms with E-state index in [-0.39, 0.29) is 6.42 Å². The minimum Gasteiger partial charge on any atom is -0.394 e. The molecule has 0 aromatic carbocycles. The number of primary amides is 1. The number of hydrogen-bond acceptors (Lipinski definition) is 10. The Balaban J connectivity index is 4.83. The lowest BCUT2D eigenvalue weighted by atomic mass is 10.0. The molecule has 0 unspecified atom stereocenters. The molecule has 0 bridgehead atoms. The van der Waals surface area contributed by atoms with Gasteiger partial charge in [-0.2, -0.15) is 0 Å². The van der Waals surface area contributed by atoms with Crippen LogP contribution in [0.2, 0.25) is 0 Å². The van der Waals surface area contributed by atoms with Crippen LogP contribution in [0.1, 0.15) is 124 Å². The Kier molecular flexibility index (Phi) is 26.8. The number of aliphatic hydroxyl groups is 2. The zero-order valence-electron chi connectivity index (χ0n) is 32.7. The summed E-state index contributed by atoms with van der Waals surface area (Å²) in [5.41, 5.74) is 5.28. The zero-order valence-corrected chi connectivity index (χ0v) is 32.7. The maximum Gasteiger partial charge on any atom is 0.245 e. The largest absolute Gasteiger partial charge is 0.394 e. The second-order valence-electron chi connectivity index (χ2n) is 13.6. The minimum absolute atomic E-state index is 0.137.